The van der Waals surface area contributed by atoms with Crippen molar-refractivity contribution >= 4 is 33.0 Å². The van der Waals surface area contributed by atoms with Crippen LogP contribution in [0.1, 0.15) is 21.5 Å². The van der Waals surface area contributed by atoms with Gasteiger partial charge >= 0.3 is 0 Å². The predicted molar refractivity (Wildman–Crippen MR) is 131 cm³/mol. The summed E-state index contributed by atoms with van der Waals surface area (Å²) in [5, 5.41) is 18.1. The molecule has 0 aliphatic heterocycles. The summed E-state index contributed by atoms with van der Waals surface area (Å²) in [7, 11) is -4.05. The number of nitro groups is 1. The molecule has 0 saturated carbocycles. The number of nitrogens with one attached hydrogen (secondary N) is 2. The topological polar surface area (TPSA) is 136 Å². The lowest BCUT2D eigenvalue weighted by atomic mass is 10.1. The molecule has 2 N–H and O–H groups in total. The van der Waals surface area contributed by atoms with Gasteiger partial charge in [0.25, 0.3) is 21.6 Å². The van der Waals surface area contributed by atoms with Gasteiger partial charge in [0.2, 0.25) is 0 Å². The van der Waals surface area contributed by atoms with Crippen LogP contribution in [0.15, 0.2) is 90.1 Å². The van der Waals surface area contributed by atoms with E-state index in [-0.39, 0.29) is 22.2 Å². The van der Waals surface area contributed by atoms with Gasteiger partial charge < -0.3 is 5.32 Å². The second-order valence-corrected chi connectivity index (χ2v) is 9.43. The summed E-state index contributed by atoms with van der Waals surface area (Å²) in [6, 6.07) is 18.8. The van der Waals surface area contributed by atoms with Gasteiger partial charge in [0.1, 0.15) is 0 Å². The van der Waals surface area contributed by atoms with Crippen molar-refractivity contribution in [2.24, 2.45) is 0 Å². The summed E-state index contributed by atoms with van der Waals surface area (Å²) >= 11 is 0. The number of nitro benzene ring substituents is 1. The SMILES string of the molecule is Cc1ccc(S(=O)(=O)Nc2ccc(C(=O)Nc3ccc(Cn4cccn4)cc3)cc2)cc1[N+](=O)[O-]. The minimum absolute atomic E-state index is 0.216. The van der Waals surface area contributed by atoms with E-state index in [1.807, 2.05) is 24.4 Å². The molecule has 0 atom stereocenters. The smallest absolute Gasteiger partial charge is 0.273 e. The molecule has 0 aliphatic carbocycles. The Labute approximate surface area is 201 Å². The molecule has 0 unspecified atom stereocenters. The van der Waals surface area contributed by atoms with Gasteiger partial charge in [-0.2, -0.15) is 5.10 Å². The second kappa shape index (κ2) is 9.77. The Hall–Kier alpha value is -4.51. The van der Waals surface area contributed by atoms with Gasteiger partial charge in [-0.15, -0.1) is 0 Å². The largest absolute Gasteiger partial charge is 0.322 e. The van der Waals surface area contributed by atoms with Crippen LogP contribution >= 0.6 is 0 Å². The zero-order chi connectivity index (χ0) is 25.0. The van der Waals surface area contributed by atoms with Gasteiger partial charge in [-0.25, -0.2) is 8.42 Å². The molecular weight excluding hydrogens is 470 g/mol. The number of nitrogens with zero attached hydrogens (tertiary/aromatic N) is 3. The first-order valence-corrected chi connectivity index (χ1v) is 12.0. The van der Waals surface area contributed by atoms with E-state index in [2.05, 4.69) is 15.1 Å². The fraction of sp³-hybridized carbons (Fsp3) is 0.0833. The Morgan fingerprint density at radius 1 is 1.03 bits per heavy atom. The third kappa shape index (κ3) is 5.71. The Balaban J connectivity index is 1.40. The molecular formula is C24H21N5O5S. The summed E-state index contributed by atoms with van der Waals surface area (Å²) in [6.07, 6.45) is 3.57. The number of rotatable bonds is 8. The van der Waals surface area contributed by atoms with Gasteiger partial charge in [-0.1, -0.05) is 18.2 Å². The second-order valence-electron chi connectivity index (χ2n) is 7.74. The van der Waals surface area contributed by atoms with Gasteiger partial charge in [-0.3, -0.25) is 24.3 Å². The Bertz CT molecular complexity index is 1470. The van der Waals surface area contributed by atoms with Crippen LogP contribution in [0.4, 0.5) is 17.1 Å². The van der Waals surface area contributed by atoms with E-state index in [0.717, 1.165) is 11.6 Å². The fourth-order valence-electron chi connectivity index (χ4n) is 3.33. The molecule has 0 fully saturated rings. The third-order valence-corrected chi connectivity index (χ3v) is 6.58. The van der Waals surface area contributed by atoms with E-state index in [1.165, 1.54) is 43.3 Å². The molecule has 3 aromatic carbocycles. The minimum atomic E-state index is -4.05. The zero-order valence-corrected chi connectivity index (χ0v) is 19.4. The van der Waals surface area contributed by atoms with Crippen LogP contribution in [0, 0.1) is 17.0 Å². The maximum absolute atomic E-state index is 12.7. The van der Waals surface area contributed by atoms with Crippen LogP contribution in [0.5, 0.6) is 0 Å². The molecule has 0 spiro atoms. The van der Waals surface area contributed by atoms with E-state index in [0.29, 0.717) is 23.4 Å². The molecule has 1 heterocycles. The molecule has 35 heavy (non-hydrogen) atoms. The third-order valence-electron chi connectivity index (χ3n) is 5.20. The molecule has 0 saturated heterocycles. The number of aromatic nitrogens is 2. The molecule has 0 aliphatic rings. The van der Waals surface area contributed by atoms with Crippen molar-refractivity contribution in [3.63, 3.8) is 0 Å². The minimum Gasteiger partial charge on any atom is -0.322 e. The summed E-state index contributed by atoms with van der Waals surface area (Å²) in [4.78, 5) is 22.8. The number of sulfonamides is 1. The number of hydrogen-bond acceptors (Lipinski definition) is 6. The summed E-state index contributed by atoms with van der Waals surface area (Å²) in [5.74, 6) is -0.353. The van der Waals surface area contributed by atoms with Gasteiger partial charge in [-0.05, 0) is 61.0 Å². The van der Waals surface area contributed by atoms with Crippen LogP contribution in [0.25, 0.3) is 0 Å². The van der Waals surface area contributed by atoms with E-state index in [9.17, 15) is 23.3 Å². The first-order valence-electron chi connectivity index (χ1n) is 10.5. The number of anilines is 2. The molecule has 0 bridgehead atoms. The highest BCUT2D eigenvalue weighted by molar-refractivity contribution is 7.92. The first kappa shape index (κ1) is 23.6. The number of hydrogen-bond donors (Lipinski definition) is 2. The van der Waals surface area contributed by atoms with Crippen LogP contribution in [-0.2, 0) is 16.6 Å². The number of benzene rings is 3. The highest BCUT2D eigenvalue weighted by Crippen LogP contribution is 2.24. The van der Waals surface area contributed by atoms with Crippen molar-refractivity contribution in [3.05, 3.63) is 112 Å². The first-order chi connectivity index (χ1) is 16.7. The van der Waals surface area contributed by atoms with Gasteiger partial charge in [0, 0.05) is 41.0 Å². The van der Waals surface area contributed by atoms with E-state index in [4.69, 9.17) is 0 Å². The molecule has 1 aromatic heterocycles. The van der Waals surface area contributed by atoms with Crippen LogP contribution in [0.3, 0.4) is 0 Å². The lowest BCUT2D eigenvalue weighted by molar-refractivity contribution is -0.385. The highest BCUT2D eigenvalue weighted by Gasteiger charge is 2.20. The summed E-state index contributed by atoms with van der Waals surface area (Å²) in [5.41, 5.74) is 2.27. The summed E-state index contributed by atoms with van der Waals surface area (Å²) in [6.45, 7) is 2.15. The lowest BCUT2D eigenvalue weighted by Gasteiger charge is -2.10. The predicted octanol–water partition coefficient (Wildman–Crippen LogP) is 4.20. The molecule has 4 rings (SSSR count). The standard InChI is InChI=1S/C24H21N5O5S/c1-17-3-12-22(15-23(17)29(31)32)35(33,34)27-21-10-6-19(7-11-21)24(30)26-20-8-4-18(5-9-20)16-28-14-2-13-25-28/h2-15,27H,16H2,1H3,(H,26,30). The van der Waals surface area contributed by atoms with E-state index < -0.39 is 14.9 Å². The van der Waals surface area contributed by atoms with Crippen molar-refractivity contribution in [3.8, 4) is 0 Å². The van der Waals surface area contributed by atoms with Crippen molar-refractivity contribution in [2.45, 2.75) is 18.4 Å². The molecule has 0 radical (unpaired) electrons. The van der Waals surface area contributed by atoms with Crippen LogP contribution < -0.4 is 10.0 Å². The van der Waals surface area contributed by atoms with Gasteiger partial charge in [0.15, 0.2) is 0 Å². The average molecular weight is 492 g/mol. The van der Waals surface area contributed by atoms with Crippen molar-refractivity contribution in [1.29, 1.82) is 0 Å². The number of amides is 1. The van der Waals surface area contributed by atoms with Crippen molar-refractivity contribution in [2.75, 3.05) is 10.0 Å². The Morgan fingerprint density at radius 3 is 2.34 bits per heavy atom. The molecule has 4 aromatic rings. The molecule has 1 amide bonds. The normalized spacial score (nSPS) is 11.1. The zero-order valence-electron chi connectivity index (χ0n) is 18.6. The molecule has 178 valence electrons. The maximum atomic E-state index is 12.7. The molecule has 11 heteroatoms. The monoisotopic (exact) mass is 491 g/mol. The van der Waals surface area contributed by atoms with Crippen molar-refractivity contribution in [1.82, 2.24) is 9.78 Å². The fourth-order valence-corrected chi connectivity index (χ4v) is 4.41. The van der Waals surface area contributed by atoms with Crippen LogP contribution in [0.2, 0.25) is 0 Å². The highest BCUT2D eigenvalue weighted by atomic mass is 32.2. The number of aryl methyl sites for hydroxylation is 1. The number of carbonyl (C=O) groups excluding carboxylic acids is 1. The van der Waals surface area contributed by atoms with Gasteiger partial charge in [0.05, 0.1) is 16.4 Å². The lowest BCUT2D eigenvalue weighted by Crippen LogP contribution is -2.14. The molecule has 10 nitrogen and oxygen atoms in total. The van der Waals surface area contributed by atoms with Crippen LogP contribution in [-0.4, -0.2) is 29.0 Å². The van der Waals surface area contributed by atoms with E-state index in [1.54, 1.807) is 23.0 Å². The summed E-state index contributed by atoms with van der Waals surface area (Å²) < 4.78 is 29.5. The maximum Gasteiger partial charge on any atom is 0.273 e. The van der Waals surface area contributed by atoms with Crippen molar-refractivity contribution < 1.29 is 18.1 Å². The quantitative estimate of drug-likeness (QED) is 0.280. The van der Waals surface area contributed by atoms with E-state index >= 15 is 0 Å². The Kier molecular flexibility index (Phi) is 6.60. The Morgan fingerprint density at radius 2 is 1.71 bits per heavy atom. The average Bonchev–Trinajstić information content (AvgIpc) is 3.33. The number of carbonyl (C=O) groups is 1.